The van der Waals surface area contributed by atoms with Gasteiger partial charge in [-0.3, -0.25) is 4.79 Å². The molecule has 3 rings (SSSR count). The van der Waals surface area contributed by atoms with Crippen LogP contribution in [0.3, 0.4) is 0 Å². The number of hydrogen-bond acceptors (Lipinski definition) is 7. The first-order valence-electron chi connectivity index (χ1n) is 7.78. The van der Waals surface area contributed by atoms with Crippen molar-refractivity contribution in [2.75, 3.05) is 18.0 Å². The summed E-state index contributed by atoms with van der Waals surface area (Å²) in [6, 6.07) is 5.73. The number of aromatic nitrogens is 3. The van der Waals surface area contributed by atoms with Crippen molar-refractivity contribution in [2.45, 2.75) is 19.8 Å². The first-order valence-corrected chi connectivity index (χ1v) is 9.47. The van der Waals surface area contributed by atoms with E-state index in [1.54, 1.807) is 6.20 Å². The Hall–Kier alpha value is -2.12. The van der Waals surface area contributed by atoms with E-state index >= 15 is 0 Å². The third kappa shape index (κ3) is 3.68. The first-order chi connectivity index (χ1) is 11.7. The Morgan fingerprint density at radius 3 is 2.96 bits per heavy atom. The minimum absolute atomic E-state index is 0.0606. The van der Waals surface area contributed by atoms with Crippen LogP contribution in [0.1, 0.15) is 24.8 Å². The average molecular weight is 358 g/mol. The standard InChI is InChI=1S/C17H18N4OS2/c1-3-9-21(14-5-4-8-18-20-14)10-6-12(2)16-19-13-7-11-23-15(13)17(22)24-16/h4-5,7-8,11H,2-3,6,9-10H2,1H3. The quantitative estimate of drug-likeness (QED) is 0.642. The van der Waals surface area contributed by atoms with Gasteiger partial charge in [0.2, 0.25) is 0 Å². The molecule has 5 nitrogen and oxygen atoms in total. The highest BCUT2D eigenvalue weighted by Gasteiger charge is 2.12. The largest absolute Gasteiger partial charge is 0.355 e. The van der Waals surface area contributed by atoms with Gasteiger partial charge < -0.3 is 4.90 Å². The van der Waals surface area contributed by atoms with Crippen molar-refractivity contribution in [3.63, 3.8) is 0 Å². The van der Waals surface area contributed by atoms with Crippen LogP contribution in [0.25, 0.3) is 15.8 Å². The lowest BCUT2D eigenvalue weighted by Crippen LogP contribution is -2.26. The predicted octanol–water partition coefficient (Wildman–Crippen LogP) is 3.83. The Kier molecular flexibility index (Phi) is 5.32. The van der Waals surface area contributed by atoms with Gasteiger partial charge in [0.15, 0.2) is 5.82 Å². The fraction of sp³-hybridized carbons (Fsp3) is 0.294. The molecule has 24 heavy (non-hydrogen) atoms. The lowest BCUT2D eigenvalue weighted by molar-refractivity contribution is 0.747. The van der Waals surface area contributed by atoms with Crippen molar-refractivity contribution in [3.8, 4) is 0 Å². The van der Waals surface area contributed by atoms with Gasteiger partial charge in [-0.2, -0.15) is 5.10 Å². The van der Waals surface area contributed by atoms with E-state index in [1.807, 2.05) is 23.6 Å². The van der Waals surface area contributed by atoms with E-state index in [-0.39, 0.29) is 4.74 Å². The van der Waals surface area contributed by atoms with Crippen LogP contribution in [0.15, 0.2) is 41.1 Å². The summed E-state index contributed by atoms with van der Waals surface area (Å²) in [6.07, 6.45) is 3.43. The summed E-state index contributed by atoms with van der Waals surface area (Å²) in [5.41, 5.74) is 1.65. The van der Waals surface area contributed by atoms with Gasteiger partial charge in [-0.1, -0.05) is 24.8 Å². The van der Waals surface area contributed by atoms with Crippen LogP contribution in [0.4, 0.5) is 5.82 Å². The molecule has 0 atom stereocenters. The Bertz CT molecular complexity index is 888. The lowest BCUT2D eigenvalue weighted by atomic mass is 10.2. The molecule has 0 N–H and O–H groups in total. The molecule has 0 spiro atoms. The van der Waals surface area contributed by atoms with Crippen LogP contribution in [0.2, 0.25) is 0 Å². The van der Waals surface area contributed by atoms with Crippen LogP contribution in [0, 0.1) is 0 Å². The van der Waals surface area contributed by atoms with Gasteiger partial charge in [0.25, 0.3) is 4.74 Å². The van der Waals surface area contributed by atoms with E-state index in [1.165, 1.54) is 22.7 Å². The lowest BCUT2D eigenvalue weighted by Gasteiger charge is -2.22. The Labute approximate surface area is 148 Å². The van der Waals surface area contributed by atoms with Crippen LogP contribution in [-0.2, 0) is 0 Å². The SMILES string of the molecule is C=C(CCN(CCC)c1cccnn1)c1nc2ccsc2c(=O)s1. The molecule has 0 aromatic carbocycles. The van der Waals surface area contributed by atoms with Crippen molar-refractivity contribution in [2.24, 2.45) is 0 Å². The molecular weight excluding hydrogens is 340 g/mol. The molecule has 0 saturated heterocycles. The molecule has 0 unspecified atom stereocenters. The second-order valence-corrected chi connectivity index (χ2v) is 7.24. The molecule has 0 fully saturated rings. The minimum atomic E-state index is 0.0606. The zero-order chi connectivity index (χ0) is 16.9. The fourth-order valence-corrected chi connectivity index (χ4v) is 4.11. The van der Waals surface area contributed by atoms with E-state index in [0.717, 1.165) is 52.5 Å². The Balaban J connectivity index is 1.74. The van der Waals surface area contributed by atoms with Crippen molar-refractivity contribution in [3.05, 3.63) is 50.9 Å². The molecule has 0 bridgehead atoms. The van der Waals surface area contributed by atoms with Crippen LogP contribution in [0.5, 0.6) is 0 Å². The number of anilines is 1. The number of thiophene rings is 1. The van der Waals surface area contributed by atoms with Crippen LogP contribution < -0.4 is 9.64 Å². The molecule has 0 radical (unpaired) electrons. The summed E-state index contributed by atoms with van der Waals surface area (Å²) in [7, 11) is 0. The molecule has 3 aromatic rings. The minimum Gasteiger partial charge on any atom is -0.355 e. The molecular formula is C17H18N4OS2. The molecule has 124 valence electrons. The van der Waals surface area contributed by atoms with Gasteiger partial charge in [-0.15, -0.1) is 16.4 Å². The number of rotatable bonds is 7. The molecule has 0 amide bonds. The summed E-state index contributed by atoms with van der Waals surface area (Å²) < 4.78 is 0.786. The number of hydrogen-bond donors (Lipinski definition) is 0. The first kappa shape index (κ1) is 16.7. The monoisotopic (exact) mass is 358 g/mol. The van der Waals surface area contributed by atoms with E-state index in [4.69, 9.17) is 0 Å². The highest BCUT2D eigenvalue weighted by molar-refractivity contribution is 7.20. The van der Waals surface area contributed by atoms with Gasteiger partial charge >= 0.3 is 0 Å². The predicted molar refractivity (Wildman–Crippen MR) is 102 cm³/mol. The van der Waals surface area contributed by atoms with E-state index in [2.05, 4.69) is 33.6 Å². The molecule has 3 aromatic heterocycles. The third-order valence-corrected chi connectivity index (χ3v) is 5.60. The van der Waals surface area contributed by atoms with Crippen molar-refractivity contribution >= 4 is 44.3 Å². The maximum Gasteiger partial charge on any atom is 0.253 e. The zero-order valence-electron chi connectivity index (χ0n) is 13.4. The summed E-state index contributed by atoms with van der Waals surface area (Å²) >= 11 is 2.62. The van der Waals surface area contributed by atoms with E-state index in [9.17, 15) is 4.79 Å². The summed E-state index contributed by atoms with van der Waals surface area (Å²) in [5, 5.41) is 10.8. The Morgan fingerprint density at radius 2 is 2.21 bits per heavy atom. The average Bonchev–Trinajstić information content (AvgIpc) is 3.08. The fourth-order valence-electron chi connectivity index (χ4n) is 2.41. The van der Waals surface area contributed by atoms with Gasteiger partial charge in [0, 0.05) is 19.3 Å². The Morgan fingerprint density at radius 1 is 1.33 bits per heavy atom. The topological polar surface area (TPSA) is 59.0 Å². The molecule has 7 heteroatoms. The van der Waals surface area contributed by atoms with Gasteiger partial charge in [-0.05, 0) is 42.0 Å². The maximum absolute atomic E-state index is 12.1. The second-order valence-electron chi connectivity index (χ2n) is 5.36. The van der Waals surface area contributed by atoms with Crippen molar-refractivity contribution in [1.29, 1.82) is 0 Å². The smallest absolute Gasteiger partial charge is 0.253 e. The van der Waals surface area contributed by atoms with Gasteiger partial charge in [-0.25, -0.2) is 4.98 Å². The normalized spacial score (nSPS) is 10.9. The molecule has 0 aliphatic heterocycles. The van der Waals surface area contributed by atoms with Crippen molar-refractivity contribution in [1.82, 2.24) is 15.2 Å². The summed E-state index contributed by atoms with van der Waals surface area (Å²) in [4.78, 5) is 18.9. The highest BCUT2D eigenvalue weighted by atomic mass is 32.1. The number of fused-ring (bicyclic) bond motifs is 1. The summed E-state index contributed by atoms with van der Waals surface area (Å²) in [5.74, 6) is 0.863. The second kappa shape index (κ2) is 7.63. The van der Waals surface area contributed by atoms with E-state index in [0.29, 0.717) is 0 Å². The molecule has 3 heterocycles. The molecule has 0 saturated carbocycles. The highest BCUT2D eigenvalue weighted by Crippen LogP contribution is 2.23. The zero-order valence-corrected chi connectivity index (χ0v) is 15.1. The molecule has 0 aliphatic rings. The van der Waals surface area contributed by atoms with Gasteiger partial charge in [0.05, 0.1) is 5.52 Å². The van der Waals surface area contributed by atoms with Crippen LogP contribution in [-0.4, -0.2) is 28.3 Å². The van der Waals surface area contributed by atoms with Gasteiger partial charge in [0.1, 0.15) is 9.71 Å². The molecule has 0 aliphatic carbocycles. The third-order valence-electron chi connectivity index (χ3n) is 3.60. The maximum atomic E-state index is 12.1. The van der Waals surface area contributed by atoms with E-state index < -0.39 is 0 Å². The van der Waals surface area contributed by atoms with Crippen LogP contribution >= 0.6 is 22.7 Å². The summed E-state index contributed by atoms with van der Waals surface area (Å²) in [6.45, 7) is 7.94. The van der Waals surface area contributed by atoms with Crippen molar-refractivity contribution < 1.29 is 0 Å². The number of nitrogens with zero attached hydrogens (tertiary/aromatic N) is 4.